The van der Waals surface area contributed by atoms with Crippen molar-refractivity contribution in [1.29, 1.82) is 0 Å². The molecule has 2 rings (SSSR count). The minimum absolute atomic E-state index is 0.190. The Balaban J connectivity index is 2.21. The summed E-state index contributed by atoms with van der Waals surface area (Å²) in [5.41, 5.74) is 0. The third kappa shape index (κ3) is 0.440. The second-order valence-electron chi connectivity index (χ2n) is 1.99. The summed E-state index contributed by atoms with van der Waals surface area (Å²) in [6.07, 6.45) is 2.36. The zero-order valence-corrected chi connectivity index (χ0v) is 4.73. The van der Waals surface area contributed by atoms with E-state index < -0.39 is 7.80 Å². The predicted octanol–water partition coefficient (Wildman–Crippen LogP) is 0.942. The molecule has 2 aliphatic rings. The third-order valence-electron chi connectivity index (χ3n) is 1.47. The first-order chi connectivity index (χ1) is 3.38. The summed E-state index contributed by atoms with van der Waals surface area (Å²) in [6, 6.07) is 0. The molecule has 0 bridgehead atoms. The van der Waals surface area contributed by atoms with Gasteiger partial charge in [-0.25, -0.2) is 0 Å². The molecule has 0 aromatic heterocycles. The summed E-state index contributed by atoms with van der Waals surface area (Å²) >= 11 is 0. The van der Waals surface area contributed by atoms with E-state index in [0.29, 0.717) is 6.10 Å². The number of hydrogen-bond donors (Lipinski definition) is 0. The lowest BCUT2D eigenvalue weighted by molar-refractivity contribution is 0.382. The zero-order valence-electron chi connectivity index (χ0n) is 3.83. The Morgan fingerprint density at radius 3 is 2.71 bits per heavy atom. The lowest BCUT2D eigenvalue weighted by Crippen LogP contribution is -1.77. The van der Waals surface area contributed by atoms with Gasteiger partial charge in [0.05, 0.1) is 6.10 Å². The molecule has 2 nitrogen and oxygen atoms in total. The maximum atomic E-state index is 10.6. The van der Waals surface area contributed by atoms with Gasteiger partial charge < -0.3 is 4.74 Å². The number of fused-ring (bicyclic) bond motifs is 1. The molecular formula is C4H6O2P. The molecule has 3 atom stereocenters. The molecule has 2 fully saturated rings. The fourth-order valence-electron chi connectivity index (χ4n) is 0.979. The lowest BCUT2D eigenvalue weighted by atomic mass is 10.4. The Morgan fingerprint density at radius 1 is 1.71 bits per heavy atom. The van der Waals surface area contributed by atoms with Crippen LogP contribution in [0.2, 0.25) is 0 Å². The maximum absolute atomic E-state index is 10.6. The SMILES string of the molecule is O=[P]1CCC2OC21. The van der Waals surface area contributed by atoms with E-state index in [1.165, 1.54) is 0 Å². The van der Waals surface area contributed by atoms with Gasteiger partial charge in [-0.05, 0) is 6.42 Å². The molecule has 0 aromatic carbocycles. The van der Waals surface area contributed by atoms with Crippen LogP contribution in [0.1, 0.15) is 6.42 Å². The number of hydrogen-bond acceptors (Lipinski definition) is 2. The van der Waals surface area contributed by atoms with Crippen LogP contribution in [0.25, 0.3) is 0 Å². The van der Waals surface area contributed by atoms with E-state index >= 15 is 0 Å². The molecule has 0 aliphatic carbocycles. The molecule has 1 radical (unpaired) electrons. The topological polar surface area (TPSA) is 29.6 Å². The summed E-state index contributed by atoms with van der Waals surface area (Å²) in [4.78, 5) is 0. The molecule has 39 valence electrons. The van der Waals surface area contributed by atoms with Crippen molar-refractivity contribution < 1.29 is 9.30 Å². The summed E-state index contributed by atoms with van der Waals surface area (Å²) in [5, 5.41) is 0. The summed E-state index contributed by atoms with van der Waals surface area (Å²) in [7, 11) is -0.924. The van der Waals surface area contributed by atoms with E-state index in [1.54, 1.807) is 0 Å². The van der Waals surface area contributed by atoms with Gasteiger partial charge in [0.2, 0.25) is 0 Å². The highest BCUT2D eigenvalue weighted by Gasteiger charge is 2.49. The van der Waals surface area contributed by atoms with Crippen LogP contribution in [0.3, 0.4) is 0 Å². The Hall–Kier alpha value is 0.0600. The van der Waals surface area contributed by atoms with Gasteiger partial charge in [-0.2, -0.15) is 0 Å². The summed E-state index contributed by atoms with van der Waals surface area (Å²) in [6.45, 7) is 0. The van der Waals surface area contributed by atoms with Crippen LogP contribution in [-0.4, -0.2) is 18.1 Å². The van der Waals surface area contributed by atoms with Crippen LogP contribution >= 0.6 is 7.80 Å². The molecule has 2 aliphatic heterocycles. The average Bonchev–Trinajstić information content (AvgIpc) is 2.33. The van der Waals surface area contributed by atoms with Crippen molar-refractivity contribution in [1.82, 2.24) is 0 Å². The molecule has 0 aromatic rings. The van der Waals surface area contributed by atoms with Gasteiger partial charge in [-0.3, -0.25) is 4.57 Å². The Morgan fingerprint density at radius 2 is 2.57 bits per heavy atom. The molecule has 0 amide bonds. The van der Waals surface area contributed by atoms with Gasteiger partial charge in [-0.1, -0.05) is 0 Å². The Kier molecular flexibility index (Phi) is 0.608. The van der Waals surface area contributed by atoms with Crippen molar-refractivity contribution in [2.24, 2.45) is 0 Å². The van der Waals surface area contributed by atoms with Gasteiger partial charge in [0, 0.05) is 6.16 Å². The molecule has 7 heavy (non-hydrogen) atoms. The monoisotopic (exact) mass is 117 g/mol. The summed E-state index contributed by atoms with van der Waals surface area (Å²) in [5.74, 6) is 0.190. The highest BCUT2D eigenvalue weighted by Crippen LogP contribution is 2.52. The molecule has 0 spiro atoms. The van der Waals surface area contributed by atoms with Crippen LogP contribution in [0.4, 0.5) is 0 Å². The largest absolute Gasteiger partial charge is 0.357 e. The highest BCUT2D eigenvalue weighted by atomic mass is 31.1. The minimum atomic E-state index is -0.924. The fourth-order valence-corrected chi connectivity index (χ4v) is 2.55. The molecular weight excluding hydrogens is 111 g/mol. The van der Waals surface area contributed by atoms with E-state index in [9.17, 15) is 4.57 Å². The van der Waals surface area contributed by atoms with Crippen molar-refractivity contribution in [3.63, 3.8) is 0 Å². The first-order valence-electron chi connectivity index (χ1n) is 2.47. The Bertz CT molecular complexity index is 123. The zero-order chi connectivity index (χ0) is 4.85. The second kappa shape index (κ2) is 1.07. The molecule has 3 unspecified atom stereocenters. The van der Waals surface area contributed by atoms with Crippen LogP contribution in [-0.2, 0) is 9.30 Å². The number of ether oxygens (including phenoxy) is 1. The number of rotatable bonds is 0. The van der Waals surface area contributed by atoms with E-state index in [4.69, 9.17) is 4.74 Å². The lowest BCUT2D eigenvalue weighted by Gasteiger charge is -1.83. The van der Waals surface area contributed by atoms with Crippen LogP contribution < -0.4 is 0 Å². The van der Waals surface area contributed by atoms with E-state index in [2.05, 4.69) is 0 Å². The van der Waals surface area contributed by atoms with Crippen molar-refractivity contribution in [3.8, 4) is 0 Å². The smallest absolute Gasteiger partial charge is 0.153 e. The van der Waals surface area contributed by atoms with Gasteiger partial charge >= 0.3 is 0 Å². The standard InChI is InChI=1S/C4H6O2P/c5-7-2-1-3-4(7)6-3/h3-4H,1-2H2. The van der Waals surface area contributed by atoms with E-state index in [1.807, 2.05) is 0 Å². The average molecular weight is 117 g/mol. The third-order valence-corrected chi connectivity index (χ3v) is 3.19. The predicted molar refractivity (Wildman–Crippen MR) is 25.8 cm³/mol. The first-order valence-corrected chi connectivity index (χ1v) is 3.98. The van der Waals surface area contributed by atoms with E-state index in [0.717, 1.165) is 12.6 Å². The van der Waals surface area contributed by atoms with Crippen molar-refractivity contribution in [3.05, 3.63) is 0 Å². The van der Waals surface area contributed by atoms with Gasteiger partial charge in [0.25, 0.3) is 0 Å². The van der Waals surface area contributed by atoms with Crippen molar-refractivity contribution >= 4 is 7.80 Å². The van der Waals surface area contributed by atoms with E-state index in [-0.39, 0.29) is 5.85 Å². The van der Waals surface area contributed by atoms with Crippen molar-refractivity contribution in [2.75, 3.05) is 6.16 Å². The normalized spacial score (nSPS) is 51.7. The molecule has 2 saturated heterocycles. The van der Waals surface area contributed by atoms with Gasteiger partial charge in [0.15, 0.2) is 5.85 Å². The van der Waals surface area contributed by atoms with Gasteiger partial charge in [0.1, 0.15) is 7.80 Å². The highest BCUT2D eigenvalue weighted by molar-refractivity contribution is 7.46. The maximum Gasteiger partial charge on any atom is 0.153 e. The summed E-state index contributed by atoms with van der Waals surface area (Å²) < 4.78 is 15.6. The molecule has 0 saturated carbocycles. The number of epoxide rings is 1. The minimum Gasteiger partial charge on any atom is -0.357 e. The van der Waals surface area contributed by atoms with Crippen LogP contribution in [0, 0.1) is 0 Å². The first kappa shape index (κ1) is 3.99. The second-order valence-corrected chi connectivity index (χ2v) is 3.78. The quantitative estimate of drug-likeness (QED) is 0.349. The van der Waals surface area contributed by atoms with Crippen LogP contribution in [0.15, 0.2) is 0 Å². The van der Waals surface area contributed by atoms with Gasteiger partial charge in [-0.15, -0.1) is 0 Å². The fraction of sp³-hybridized carbons (Fsp3) is 1.00. The Labute approximate surface area is 42.6 Å². The molecule has 2 heterocycles. The molecule has 0 N–H and O–H groups in total. The van der Waals surface area contributed by atoms with Crippen LogP contribution in [0.5, 0.6) is 0 Å². The molecule has 3 heteroatoms. The van der Waals surface area contributed by atoms with Crippen molar-refractivity contribution in [2.45, 2.75) is 18.4 Å².